The molecule has 2 heterocycles. The van der Waals surface area contributed by atoms with Gasteiger partial charge in [-0.1, -0.05) is 17.7 Å². The molecule has 3 amide bonds. The van der Waals surface area contributed by atoms with Crippen LogP contribution < -0.4 is 9.80 Å². The van der Waals surface area contributed by atoms with Crippen LogP contribution >= 0.6 is 0 Å². The predicted molar refractivity (Wildman–Crippen MR) is 92.5 cm³/mol. The van der Waals surface area contributed by atoms with Gasteiger partial charge in [0.1, 0.15) is 18.7 Å². The first kappa shape index (κ1) is 18.3. The van der Waals surface area contributed by atoms with Crippen LogP contribution in [-0.2, 0) is 14.3 Å². The lowest BCUT2D eigenvalue weighted by atomic mass is 10.2. The Morgan fingerprint density at radius 3 is 2.58 bits per heavy atom. The number of hydrogen-bond acceptors (Lipinski definition) is 5. The number of aryl methyl sites for hydroxylation is 1. The van der Waals surface area contributed by atoms with Gasteiger partial charge >= 0.3 is 12.0 Å². The minimum atomic E-state index is -0.660. The molecule has 4 atom stereocenters. The fraction of sp³-hybridized carbons (Fsp3) is 0.500. The third kappa shape index (κ3) is 3.17. The molecule has 0 aliphatic carbocycles. The van der Waals surface area contributed by atoms with E-state index in [1.54, 1.807) is 6.92 Å². The van der Waals surface area contributed by atoms with Crippen LogP contribution in [0.25, 0.3) is 0 Å². The molecule has 3 rings (SSSR count). The summed E-state index contributed by atoms with van der Waals surface area (Å²) in [6, 6.07) is 5.78. The van der Waals surface area contributed by atoms with Gasteiger partial charge in [-0.15, -0.1) is 0 Å². The van der Waals surface area contributed by atoms with Crippen LogP contribution in [0.2, 0.25) is 0 Å². The lowest BCUT2D eigenvalue weighted by molar-refractivity contribution is -0.912. The van der Waals surface area contributed by atoms with Crippen LogP contribution in [0.15, 0.2) is 24.3 Å². The SMILES string of the molecule is COC(=O)[C@@H]1C[C@@H](O)C[NH+]1CN1C(=O)[C@H](C)N(c2ccc(C)cc2)C1=O. The van der Waals surface area contributed by atoms with Gasteiger partial charge in [0.25, 0.3) is 5.91 Å². The Balaban J connectivity index is 1.80. The van der Waals surface area contributed by atoms with Crippen LogP contribution in [-0.4, -0.2) is 66.4 Å². The number of urea groups is 1. The summed E-state index contributed by atoms with van der Waals surface area (Å²) < 4.78 is 4.78. The molecule has 0 spiro atoms. The molecule has 0 aromatic heterocycles. The van der Waals surface area contributed by atoms with E-state index in [9.17, 15) is 19.5 Å². The molecule has 26 heavy (non-hydrogen) atoms. The highest BCUT2D eigenvalue weighted by Crippen LogP contribution is 2.25. The number of benzene rings is 1. The normalized spacial score (nSPS) is 28.8. The molecule has 2 aliphatic rings. The molecule has 8 heteroatoms. The maximum absolute atomic E-state index is 12.9. The van der Waals surface area contributed by atoms with E-state index >= 15 is 0 Å². The summed E-state index contributed by atoms with van der Waals surface area (Å²) in [5, 5.41) is 9.90. The minimum absolute atomic E-state index is 0.0290. The fourth-order valence-electron chi connectivity index (χ4n) is 3.66. The highest BCUT2D eigenvalue weighted by molar-refractivity contribution is 6.13. The van der Waals surface area contributed by atoms with Crippen LogP contribution in [0.1, 0.15) is 18.9 Å². The standard InChI is InChI=1S/C18H23N3O5/c1-11-4-6-13(7-5-11)21-12(2)16(23)20(18(21)25)10-19-9-14(22)8-15(19)17(24)26-3/h4-7,12,14-15,22H,8-10H2,1-3H3/p+1/t12-,14+,15-/m0/s1. The summed E-state index contributed by atoms with van der Waals surface area (Å²) in [4.78, 5) is 40.7. The molecule has 2 aliphatic heterocycles. The Bertz CT molecular complexity index is 720. The quantitative estimate of drug-likeness (QED) is 0.546. The largest absolute Gasteiger partial charge is 0.465 e. The minimum Gasteiger partial charge on any atom is -0.465 e. The third-order valence-corrected chi connectivity index (χ3v) is 5.11. The smallest absolute Gasteiger partial charge is 0.364 e. The number of nitrogens with one attached hydrogen (secondary N) is 1. The molecule has 1 unspecified atom stereocenters. The maximum Gasteiger partial charge on any atom is 0.364 e. The second kappa shape index (κ2) is 7.05. The molecule has 0 saturated carbocycles. The Labute approximate surface area is 151 Å². The number of quaternary nitrogens is 1. The second-order valence-electron chi connectivity index (χ2n) is 6.92. The van der Waals surface area contributed by atoms with E-state index in [4.69, 9.17) is 4.74 Å². The molecule has 0 bridgehead atoms. The van der Waals surface area contributed by atoms with Crippen molar-refractivity contribution in [2.75, 3.05) is 25.2 Å². The van der Waals surface area contributed by atoms with Crippen LogP contribution in [0.4, 0.5) is 10.5 Å². The summed E-state index contributed by atoms with van der Waals surface area (Å²) in [6.07, 6.45) is -0.400. The zero-order valence-electron chi connectivity index (χ0n) is 15.1. The summed E-state index contributed by atoms with van der Waals surface area (Å²) in [5.41, 5.74) is 1.72. The van der Waals surface area contributed by atoms with Gasteiger partial charge in [0, 0.05) is 12.1 Å². The Hall–Kier alpha value is -2.45. The lowest BCUT2D eigenvalue weighted by Crippen LogP contribution is -3.16. The van der Waals surface area contributed by atoms with Gasteiger partial charge in [-0.3, -0.25) is 9.69 Å². The molecular formula is C18H24N3O5+. The molecule has 0 radical (unpaired) electrons. The first-order valence-electron chi connectivity index (χ1n) is 8.65. The van der Waals surface area contributed by atoms with Gasteiger partial charge in [0.15, 0.2) is 12.7 Å². The summed E-state index contributed by atoms with van der Waals surface area (Å²) in [7, 11) is 1.29. The van der Waals surface area contributed by atoms with Crippen molar-refractivity contribution in [3.63, 3.8) is 0 Å². The predicted octanol–water partition coefficient (Wildman–Crippen LogP) is -0.699. The van der Waals surface area contributed by atoms with E-state index in [2.05, 4.69) is 0 Å². The highest BCUT2D eigenvalue weighted by atomic mass is 16.5. The Morgan fingerprint density at radius 2 is 1.96 bits per heavy atom. The van der Waals surface area contributed by atoms with Gasteiger partial charge in [0.05, 0.1) is 7.11 Å². The number of rotatable bonds is 4. The van der Waals surface area contributed by atoms with Gasteiger partial charge in [-0.2, -0.15) is 0 Å². The van der Waals surface area contributed by atoms with Crippen molar-refractivity contribution >= 4 is 23.6 Å². The number of anilines is 1. The molecule has 1 aromatic rings. The van der Waals surface area contributed by atoms with E-state index in [1.165, 1.54) is 12.0 Å². The van der Waals surface area contributed by atoms with Crippen molar-refractivity contribution in [2.45, 2.75) is 38.5 Å². The fourth-order valence-corrected chi connectivity index (χ4v) is 3.66. The monoisotopic (exact) mass is 362 g/mol. The van der Waals surface area contributed by atoms with Gasteiger partial charge in [0.2, 0.25) is 0 Å². The van der Waals surface area contributed by atoms with Gasteiger partial charge in [-0.05, 0) is 26.0 Å². The first-order chi connectivity index (χ1) is 12.3. The van der Waals surface area contributed by atoms with Crippen molar-refractivity contribution in [1.29, 1.82) is 0 Å². The molecule has 2 saturated heterocycles. The van der Waals surface area contributed by atoms with E-state index in [0.29, 0.717) is 10.6 Å². The number of amides is 3. The number of carbonyl (C=O) groups is 3. The number of likely N-dealkylation sites (tertiary alicyclic amines) is 1. The van der Waals surface area contributed by atoms with Gasteiger partial charge < -0.3 is 14.7 Å². The number of aliphatic hydroxyl groups is 1. The number of ether oxygens (including phenoxy) is 1. The number of nitrogens with zero attached hydrogens (tertiary/aromatic N) is 2. The number of hydrogen-bond donors (Lipinski definition) is 2. The summed E-state index contributed by atoms with van der Waals surface area (Å²) in [6.45, 7) is 3.95. The maximum atomic E-state index is 12.9. The Kier molecular flexibility index (Phi) is 4.97. The molecule has 2 fully saturated rings. The van der Waals surface area contributed by atoms with Gasteiger partial charge in [-0.25, -0.2) is 14.5 Å². The first-order valence-corrected chi connectivity index (χ1v) is 8.65. The van der Waals surface area contributed by atoms with Crippen molar-refractivity contribution in [3.05, 3.63) is 29.8 Å². The zero-order chi connectivity index (χ0) is 19.0. The number of carbonyl (C=O) groups excluding carboxylic acids is 3. The molecule has 8 nitrogen and oxygen atoms in total. The van der Waals surface area contributed by atoms with Crippen LogP contribution in [0, 0.1) is 6.92 Å². The highest BCUT2D eigenvalue weighted by Gasteiger charge is 2.48. The van der Waals surface area contributed by atoms with E-state index in [-0.39, 0.29) is 25.5 Å². The molecule has 140 valence electrons. The average Bonchev–Trinajstić information content (AvgIpc) is 3.08. The molecular weight excluding hydrogens is 338 g/mol. The van der Waals surface area contributed by atoms with E-state index < -0.39 is 30.2 Å². The summed E-state index contributed by atoms with van der Waals surface area (Å²) in [5.74, 6) is -0.757. The van der Waals surface area contributed by atoms with Crippen molar-refractivity contribution in [1.82, 2.24) is 4.90 Å². The second-order valence-corrected chi connectivity index (χ2v) is 6.92. The Morgan fingerprint density at radius 1 is 1.31 bits per heavy atom. The average molecular weight is 362 g/mol. The van der Waals surface area contributed by atoms with Crippen molar-refractivity contribution in [3.8, 4) is 0 Å². The zero-order valence-corrected chi connectivity index (χ0v) is 15.1. The number of esters is 1. The molecule has 2 N–H and O–H groups in total. The van der Waals surface area contributed by atoms with Crippen molar-refractivity contribution in [2.24, 2.45) is 0 Å². The number of imide groups is 1. The number of methoxy groups -OCH3 is 1. The summed E-state index contributed by atoms with van der Waals surface area (Å²) >= 11 is 0. The van der Waals surface area contributed by atoms with E-state index in [1.807, 2.05) is 31.2 Å². The van der Waals surface area contributed by atoms with Crippen LogP contribution in [0.5, 0.6) is 0 Å². The topological polar surface area (TPSA) is 91.6 Å². The van der Waals surface area contributed by atoms with Crippen molar-refractivity contribution < 1.29 is 29.1 Å². The third-order valence-electron chi connectivity index (χ3n) is 5.11. The molecule has 1 aromatic carbocycles. The van der Waals surface area contributed by atoms with Crippen LogP contribution in [0.3, 0.4) is 0 Å². The lowest BCUT2D eigenvalue weighted by Gasteiger charge is -2.24. The number of aliphatic hydroxyl groups excluding tert-OH is 1. The van der Waals surface area contributed by atoms with E-state index in [0.717, 1.165) is 10.5 Å².